The fourth-order valence-electron chi connectivity index (χ4n) is 1.44. The number of esters is 1. The van der Waals surface area contributed by atoms with Crippen molar-refractivity contribution < 1.29 is 18.7 Å². The van der Waals surface area contributed by atoms with E-state index >= 15 is 0 Å². The molecule has 0 heterocycles. The number of carbonyl (C=O) groups excluding carboxylic acids is 1. The van der Waals surface area contributed by atoms with Gasteiger partial charge in [-0.1, -0.05) is 0 Å². The van der Waals surface area contributed by atoms with Crippen LogP contribution in [0.4, 0.5) is 4.39 Å². The average Bonchev–Trinajstić information content (AvgIpc) is 2.26. The molecule has 1 aromatic rings. The minimum atomic E-state index is -0.468. The Morgan fingerprint density at radius 1 is 1.39 bits per heavy atom. The van der Waals surface area contributed by atoms with Gasteiger partial charge in [0.25, 0.3) is 0 Å². The Morgan fingerprint density at radius 3 is 2.61 bits per heavy atom. The molecule has 0 amide bonds. The summed E-state index contributed by atoms with van der Waals surface area (Å²) in [5.74, 6) is -0.462. The van der Waals surface area contributed by atoms with Crippen LogP contribution in [0.3, 0.4) is 0 Å². The van der Waals surface area contributed by atoms with Crippen LogP contribution in [-0.4, -0.2) is 18.7 Å². The van der Waals surface area contributed by atoms with Gasteiger partial charge in [-0.05, 0) is 39.0 Å². The lowest BCUT2D eigenvalue weighted by molar-refractivity contribution is -0.149. The highest BCUT2D eigenvalue weighted by atomic mass is 19.1. The monoisotopic (exact) mass is 255 g/mol. The van der Waals surface area contributed by atoms with Crippen molar-refractivity contribution in [3.8, 4) is 5.75 Å². The highest BCUT2D eigenvalue weighted by molar-refractivity contribution is 5.71. The van der Waals surface area contributed by atoms with Crippen LogP contribution in [-0.2, 0) is 9.53 Å². The Balaban J connectivity index is 2.70. The fraction of sp³-hybridized carbons (Fsp3) is 0.462. The predicted octanol–water partition coefficient (Wildman–Crippen LogP) is 2.18. The van der Waals surface area contributed by atoms with Gasteiger partial charge in [-0.2, -0.15) is 0 Å². The Hall–Kier alpha value is -1.62. The van der Waals surface area contributed by atoms with Gasteiger partial charge < -0.3 is 15.2 Å². The highest BCUT2D eigenvalue weighted by Crippen LogP contribution is 2.24. The molecule has 4 nitrogen and oxygen atoms in total. The van der Waals surface area contributed by atoms with E-state index in [2.05, 4.69) is 0 Å². The van der Waals surface area contributed by atoms with Gasteiger partial charge in [-0.15, -0.1) is 0 Å². The van der Waals surface area contributed by atoms with E-state index in [9.17, 15) is 9.18 Å². The number of halogens is 1. The third-order valence-corrected chi connectivity index (χ3v) is 2.18. The molecule has 0 fully saturated rings. The molecular weight excluding hydrogens is 237 g/mol. The van der Waals surface area contributed by atoms with E-state index in [1.54, 1.807) is 20.8 Å². The minimum absolute atomic E-state index is 0.192. The van der Waals surface area contributed by atoms with Crippen LogP contribution < -0.4 is 10.5 Å². The Morgan fingerprint density at radius 2 is 2.06 bits per heavy atom. The van der Waals surface area contributed by atoms with Crippen molar-refractivity contribution in [3.63, 3.8) is 0 Å². The van der Waals surface area contributed by atoms with Crippen molar-refractivity contribution in [2.45, 2.75) is 32.9 Å². The van der Waals surface area contributed by atoms with Crippen molar-refractivity contribution in [3.05, 3.63) is 29.6 Å². The summed E-state index contributed by atoms with van der Waals surface area (Å²) in [6.45, 7) is 5.00. The maximum atomic E-state index is 13.1. The van der Waals surface area contributed by atoms with Crippen molar-refractivity contribution >= 4 is 5.97 Å². The Kier molecular flexibility index (Phi) is 5.09. The zero-order valence-corrected chi connectivity index (χ0v) is 10.8. The SMILES string of the molecule is CC(C)OC(=O)COc1ccc(F)cc1C(C)N. The van der Waals surface area contributed by atoms with E-state index in [1.807, 2.05) is 0 Å². The van der Waals surface area contributed by atoms with Gasteiger partial charge in [0.2, 0.25) is 0 Å². The summed E-state index contributed by atoms with van der Waals surface area (Å²) in [5.41, 5.74) is 6.23. The summed E-state index contributed by atoms with van der Waals surface area (Å²) in [6, 6.07) is 3.64. The second-order valence-corrected chi connectivity index (χ2v) is 4.30. The summed E-state index contributed by atoms with van der Waals surface area (Å²) in [7, 11) is 0. The van der Waals surface area contributed by atoms with Gasteiger partial charge in [0.1, 0.15) is 11.6 Å². The van der Waals surface area contributed by atoms with Crippen LogP contribution in [0.25, 0.3) is 0 Å². The third-order valence-electron chi connectivity index (χ3n) is 2.18. The van der Waals surface area contributed by atoms with E-state index in [4.69, 9.17) is 15.2 Å². The van der Waals surface area contributed by atoms with Gasteiger partial charge in [-0.25, -0.2) is 9.18 Å². The molecule has 0 aliphatic rings. The molecule has 0 aromatic heterocycles. The van der Waals surface area contributed by atoms with Crippen LogP contribution in [0.2, 0.25) is 0 Å². The fourth-order valence-corrected chi connectivity index (χ4v) is 1.44. The smallest absolute Gasteiger partial charge is 0.344 e. The number of benzene rings is 1. The second-order valence-electron chi connectivity index (χ2n) is 4.30. The molecule has 0 aliphatic carbocycles. The topological polar surface area (TPSA) is 61.5 Å². The molecule has 0 bridgehead atoms. The Labute approximate surface area is 106 Å². The Bertz CT molecular complexity index is 419. The molecule has 18 heavy (non-hydrogen) atoms. The van der Waals surface area contributed by atoms with Crippen molar-refractivity contribution in [1.82, 2.24) is 0 Å². The van der Waals surface area contributed by atoms with Gasteiger partial charge in [0.05, 0.1) is 6.10 Å². The van der Waals surface area contributed by atoms with E-state index < -0.39 is 5.97 Å². The van der Waals surface area contributed by atoms with Gasteiger partial charge in [0, 0.05) is 11.6 Å². The average molecular weight is 255 g/mol. The van der Waals surface area contributed by atoms with Crippen LogP contribution in [0.15, 0.2) is 18.2 Å². The summed E-state index contributed by atoms with van der Waals surface area (Å²) in [5, 5.41) is 0. The normalized spacial score (nSPS) is 12.3. The highest BCUT2D eigenvalue weighted by Gasteiger charge is 2.12. The number of rotatable bonds is 5. The summed E-state index contributed by atoms with van der Waals surface area (Å²) < 4.78 is 23.3. The standard InChI is InChI=1S/C13H18FNO3/c1-8(2)18-13(16)7-17-12-5-4-10(14)6-11(12)9(3)15/h4-6,8-9H,7,15H2,1-3H3. The molecule has 0 radical (unpaired) electrons. The first-order chi connectivity index (χ1) is 8.40. The first-order valence-electron chi connectivity index (χ1n) is 5.77. The van der Waals surface area contributed by atoms with Crippen molar-refractivity contribution in [2.75, 3.05) is 6.61 Å². The maximum Gasteiger partial charge on any atom is 0.344 e. The molecule has 0 spiro atoms. The van der Waals surface area contributed by atoms with Crippen LogP contribution in [0.5, 0.6) is 5.75 Å². The molecule has 100 valence electrons. The number of ether oxygens (including phenoxy) is 2. The number of carbonyl (C=O) groups is 1. The molecule has 2 N–H and O–H groups in total. The van der Waals surface area contributed by atoms with Crippen LogP contribution in [0, 0.1) is 5.82 Å². The minimum Gasteiger partial charge on any atom is -0.482 e. The maximum absolute atomic E-state index is 13.1. The third kappa shape index (κ3) is 4.33. The molecule has 1 rings (SSSR count). The van der Waals surface area contributed by atoms with Gasteiger partial charge in [-0.3, -0.25) is 0 Å². The zero-order chi connectivity index (χ0) is 13.7. The summed E-state index contributed by atoms with van der Waals surface area (Å²) >= 11 is 0. The predicted molar refractivity (Wildman–Crippen MR) is 65.7 cm³/mol. The number of nitrogens with two attached hydrogens (primary N) is 1. The van der Waals surface area contributed by atoms with E-state index in [1.165, 1.54) is 18.2 Å². The quantitative estimate of drug-likeness (QED) is 0.819. The van der Waals surface area contributed by atoms with Gasteiger partial charge >= 0.3 is 5.97 Å². The largest absolute Gasteiger partial charge is 0.482 e. The number of hydrogen-bond donors (Lipinski definition) is 1. The first-order valence-corrected chi connectivity index (χ1v) is 5.77. The molecule has 0 saturated heterocycles. The molecule has 0 aliphatic heterocycles. The lowest BCUT2D eigenvalue weighted by Gasteiger charge is -2.14. The summed E-state index contributed by atoms with van der Waals surface area (Å²) in [4.78, 5) is 11.3. The van der Waals surface area contributed by atoms with E-state index in [0.717, 1.165) is 0 Å². The second kappa shape index (κ2) is 6.35. The lowest BCUT2D eigenvalue weighted by Crippen LogP contribution is -2.19. The van der Waals surface area contributed by atoms with E-state index in [-0.39, 0.29) is 24.6 Å². The molecule has 1 atom stereocenters. The van der Waals surface area contributed by atoms with Crippen molar-refractivity contribution in [1.29, 1.82) is 0 Å². The van der Waals surface area contributed by atoms with Crippen LogP contribution >= 0.6 is 0 Å². The molecule has 1 unspecified atom stereocenters. The zero-order valence-electron chi connectivity index (χ0n) is 10.8. The van der Waals surface area contributed by atoms with E-state index in [0.29, 0.717) is 11.3 Å². The molecule has 5 heteroatoms. The molecular formula is C13H18FNO3. The molecule has 0 saturated carbocycles. The first kappa shape index (κ1) is 14.4. The molecule has 1 aromatic carbocycles. The van der Waals surface area contributed by atoms with Crippen LogP contribution in [0.1, 0.15) is 32.4 Å². The van der Waals surface area contributed by atoms with Crippen molar-refractivity contribution in [2.24, 2.45) is 5.73 Å². The van der Waals surface area contributed by atoms with Gasteiger partial charge in [0.15, 0.2) is 6.61 Å². The summed E-state index contributed by atoms with van der Waals surface area (Å²) in [6.07, 6.45) is -0.192. The lowest BCUT2D eigenvalue weighted by atomic mass is 10.1. The number of hydrogen-bond acceptors (Lipinski definition) is 4.